The Morgan fingerprint density at radius 3 is 2.94 bits per heavy atom. The van der Waals surface area contributed by atoms with E-state index in [0.717, 1.165) is 22.6 Å². The number of H-pyrrole nitrogens is 1. The smallest absolute Gasteiger partial charge is 0.260 e. The Hall–Kier alpha value is -3.81. The predicted octanol–water partition coefficient (Wildman–Crippen LogP) is 2.63. The van der Waals surface area contributed by atoms with E-state index >= 15 is 0 Å². The van der Waals surface area contributed by atoms with Crippen LogP contribution in [-0.2, 0) is 13.0 Å². The summed E-state index contributed by atoms with van der Waals surface area (Å²) < 4.78 is 1.86. The van der Waals surface area contributed by atoms with Crippen LogP contribution in [0.5, 0.6) is 0 Å². The molecule has 4 aromatic rings. The van der Waals surface area contributed by atoms with Gasteiger partial charge in [-0.15, -0.1) is 0 Å². The van der Waals surface area contributed by atoms with Gasteiger partial charge in [0.1, 0.15) is 17.3 Å². The van der Waals surface area contributed by atoms with Crippen molar-refractivity contribution in [1.29, 1.82) is 0 Å². The lowest BCUT2D eigenvalue weighted by atomic mass is 9.96. The van der Waals surface area contributed by atoms with Crippen LogP contribution in [0, 0.1) is 6.92 Å². The first-order valence-corrected chi connectivity index (χ1v) is 10.3. The van der Waals surface area contributed by atoms with E-state index in [9.17, 15) is 9.59 Å². The van der Waals surface area contributed by atoms with Crippen molar-refractivity contribution in [3.8, 4) is 0 Å². The normalized spacial score (nSPS) is 15.8. The number of aryl methyl sites for hydroxylation is 2. The minimum Gasteiger partial charge on any atom is -0.348 e. The predicted molar refractivity (Wildman–Crippen MR) is 116 cm³/mol. The average Bonchev–Trinajstić information content (AvgIpc) is 3.28. The SMILES string of the molecule is CCn1cc(C(=O)N2CCc3[nH]cnc3C2c2cccnc2)c(=O)c2ccc(C)nc21. The van der Waals surface area contributed by atoms with Gasteiger partial charge in [-0.1, -0.05) is 6.07 Å². The fraction of sp³-hybridized carbons (Fsp3) is 0.261. The topological polar surface area (TPSA) is 96.8 Å². The third kappa shape index (κ3) is 3.11. The second kappa shape index (κ2) is 7.46. The highest BCUT2D eigenvalue weighted by Crippen LogP contribution is 2.33. The van der Waals surface area contributed by atoms with Crippen LogP contribution < -0.4 is 5.43 Å². The number of fused-ring (bicyclic) bond motifs is 2. The van der Waals surface area contributed by atoms with Crippen molar-refractivity contribution in [2.24, 2.45) is 0 Å². The van der Waals surface area contributed by atoms with Crippen molar-refractivity contribution < 1.29 is 4.79 Å². The van der Waals surface area contributed by atoms with Crippen LogP contribution in [0.2, 0.25) is 0 Å². The number of nitrogens with one attached hydrogen (secondary N) is 1. The minimum absolute atomic E-state index is 0.146. The number of imidazole rings is 1. The van der Waals surface area contributed by atoms with Gasteiger partial charge in [-0.05, 0) is 37.6 Å². The summed E-state index contributed by atoms with van der Waals surface area (Å²) in [4.78, 5) is 45.2. The lowest BCUT2D eigenvalue weighted by Gasteiger charge is -2.35. The summed E-state index contributed by atoms with van der Waals surface area (Å²) >= 11 is 0. The van der Waals surface area contributed by atoms with Crippen LogP contribution in [0.1, 0.15) is 46.0 Å². The molecule has 1 amide bonds. The largest absolute Gasteiger partial charge is 0.348 e. The molecular formula is C23H22N6O2. The molecule has 0 saturated carbocycles. The summed E-state index contributed by atoms with van der Waals surface area (Å²) in [6.45, 7) is 4.93. The quantitative estimate of drug-likeness (QED) is 0.556. The van der Waals surface area contributed by atoms with Gasteiger partial charge >= 0.3 is 0 Å². The van der Waals surface area contributed by atoms with Crippen molar-refractivity contribution >= 4 is 16.9 Å². The van der Waals surface area contributed by atoms with Gasteiger partial charge in [-0.3, -0.25) is 14.6 Å². The molecule has 0 aliphatic carbocycles. The summed E-state index contributed by atoms with van der Waals surface area (Å²) in [6, 6.07) is 6.92. The van der Waals surface area contributed by atoms with Crippen molar-refractivity contribution in [3.63, 3.8) is 0 Å². The first-order chi connectivity index (χ1) is 15.1. The van der Waals surface area contributed by atoms with Crippen molar-refractivity contribution in [2.45, 2.75) is 32.9 Å². The highest BCUT2D eigenvalue weighted by molar-refractivity contribution is 5.97. The maximum absolute atomic E-state index is 13.7. The number of amides is 1. The van der Waals surface area contributed by atoms with E-state index in [4.69, 9.17) is 0 Å². The van der Waals surface area contributed by atoms with Gasteiger partial charge in [0.15, 0.2) is 0 Å². The zero-order valence-electron chi connectivity index (χ0n) is 17.4. The molecule has 0 bridgehead atoms. The molecular weight excluding hydrogens is 392 g/mol. The summed E-state index contributed by atoms with van der Waals surface area (Å²) in [5.74, 6) is -0.308. The molecule has 0 radical (unpaired) electrons. The molecule has 0 spiro atoms. The molecule has 8 heteroatoms. The maximum atomic E-state index is 13.7. The molecule has 156 valence electrons. The molecule has 1 unspecified atom stereocenters. The van der Waals surface area contributed by atoms with Crippen LogP contribution in [0.3, 0.4) is 0 Å². The maximum Gasteiger partial charge on any atom is 0.260 e. The molecule has 31 heavy (non-hydrogen) atoms. The zero-order valence-corrected chi connectivity index (χ0v) is 17.4. The molecule has 5 heterocycles. The molecule has 1 aliphatic heterocycles. The lowest BCUT2D eigenvalue weighted by Crippen LogP contribution is -2.42. The van der Waals surface area contributed by atoms with Crippen molar-refractivity contribution in [2.75, 3.05) is 6.54 Å². The van der Waals surface area contributed by atoms with E-state index in [1.807, 2.05) is 30.5 Å². The Balaban J connectivity index is 1.66. The Morgan fingerprint density at radius 1 is 1.29 bits per heavy atom. The van der Waals surface area contributed by atoms with Gasteiger partial charge in [0.2, 0.25) is 5.43 Å². The van der Waals surface area contributed by atoms with E-state index in [1.54, 1.807) is 42.0 Å². The number of nitrogens with zero attached hydrogens (tertiary/aromatic N) is 5. The van der Waals surface area contributed by atoms with Crippen LogP contribution in [0.4, 0.5) is 0 Å². The Morgan fingerprint density at radius 2 is 2.16 bits per heavy atom. The van der Waals surface area contributed by atoms with E-state index in [2.05, 4.69) is 19.9 Å². The molecule has 4 aromatic heterocycles. The fourth-order valence-corrected chi connectivity index (χ4v) is 4.28. The molecule has 0 aromatic carbocycles. The highest BCUT2D eigenvalue weighted by atomic mass is 16.2. The minimum atomic E-state index is -0.405. The van der Waals surface area contributed by atoms with Crippen molar-refractivity contribution in [3.05, 3.63) is 87.6 Å². The zero-order chi connectivity index (χ0) is 21.5. The summed E-state index contributed by atoms with van der Waals surface area (Å²) in [7, 11) is 0. The van der Waals surface area contributed by atoms with Gasteiger partial charge in [-0.25, -0.2) is 9.97 Å². The number of rotatable bonds is 3. The molecule has 1 aliphatic rings. The number of carbonyl (C=O) groups excluding carboxylic acids is 1. The van der Waals surface area contributed by atoms with E-state index < -0.39 is 6.04 Å². The van der Waals surface area contributed by atoms with Gasteiger partial charge in [0.25, 0.3) is 5.91 Å². The van der Waals surface area contributed by atoms with Crippen LogP contribution in [0.25, 0.3) is 11.0 Å². The number of pyridine rings is 3. The Labute approximate surface area is 178 Å². The summed E-state index contributed by atoms with van der Waals surface area (Å²) in [5, 5.41) is 0.452. The number of aromatic nitrogens is 5. The average molecular weight is 414 g/mol. The molecule has 0 saturated heterocycles. The molecule has 8 nitrogen and oxygen atoms in total. The van der Waals surface area contributed by atoms with Gasteiger partial charge < -0.3 is 14.5 Å². The third-order valence-corrected chi connectivity index (χ3v) is 5.82. The monoisotopic (exact) mass is 414 g/mol. The van der Waals surface area contributed by atoms with Crippen LogP contribution in [-0.4, -0.2) is 41.9 Å². The third-order valence-electron chi connectivity index (χ3n) is 5.82. The van der Waals surface area contributed by atoms with E-state index in [-0.39, 0.29) is 16.9 Å². The standard InChI is InChI=1S/C23H22N6O2/c1-3-28-12-17(21(30)16-7-6-14(2)27-22(16)28)23(31)29-10-8-18-19(26-13-25-18)20(29)15-5-4-9-24-11-15/h4-7,9,11-13,20H,3,8,10H2,1-2H3,(H,25,26). The molecule has 0 fully saturated rings. The Kier molecular flexibility index (Phi) is 4.62. The fourth-order valence-electron chi connectivity index (χ4n) is 4.28. The lowest BCUT2D eigenvalue weighted by molar-refractivity contribution is 0.0688. The highest BCUT2D eigenvalue weighted by Gasteiger charge is 2.35. The van der Waals surface area contributed by atoms with E-state index in [1.165, 1.54) is 0 Å². The van der Waals surface area contributed by atoms with Crippen molar-refractivity contribution in [1.82, 2.24) is 29.4 Å². The van der Waals surface area contributed by atoms with E-state index in [0.29, 0.717) is 30.5 Å². The second-order valence-electron chi connectivity index (χ2n) is 7.69. The first-order valence-electron chi connectivity index (χ1n) is 10.3. The Bertz CT molecular complexity index is 1340. The molecule has 1 atom stereocenters. The number of hydrogen-bond donors (Lipinski definition) is 1. The number of carbonyl (C=O) groups is 1. The van der Waals surface area contributed by atoms with Crippen LogP contribution >= 0.6 is 0 Å². The molecule has 1 N–H and O–H groups in total. The summed E-state index contributed by atoms with van der Waals surface area (Å²) in [5.41, 5.74) is 3.93. The molecule has 5 rings (SSSR count). The number of hydrogen-bond acceptors (Lipinski definition) is 5. The second-order valence-corrected chi connectivity index (χ2v) is 7.69. The van der Waals surface area contributed by atoms with Gasteiger partial charge in [-0.2, -0.15) is 0 Å². The summed E-state index contributed by atoms with van der Waals surface area (Å²) in [6.07, 6.45) is 7.37. The van der Waals surface area contributed by atoms with Gasteiger partial charge in [0.05, 0.1) is 17.4 Å². The number of aromatic amines is 1. The van der Waals surface area contributed by atoms with Gasteiger partial charge in [0, 0.05) is 49.5 Å². The first kappa shape index (κ1) is 19.2. The van der Waals surface area contributed by atoms with Crippen LogP contribution in [0.15, 0.2) is 54.0 Å².